The molecule has 2 heterocycles. The van der Waals surface area contributed by atoms with E-state index in [0.717, 1.165) is 17.0 Å². The molecule has 2 N–H and O–H groups in total. The number of halogens is 3. The molecule has 0 bridgehead atoms. The van der Waals surface area contributed by atoms with Gasteiger partial charge in [0.2, 0.25) is 11.8 Å². The highest BCUT2D eigenvalue weighted by atomic mass is 35.5. The summed E-state index contributed by atoms with van der Waals surface area (Å²) in [6.45, 7) is -0.867. The molecule has 0 spiro atoms. The molecule has 0 unspecified atom stereocenters. The Morgan fingerprint density at radius 2 is 1.94 bits per heavy atom. The zero-order valence-electron chi connectivity index (χ0n) is 17.1. The molecule has 0 radical (unpaired) electrons. The van der Waals surface area contributed by atoms with Crippen LogP contribution in [0.2, 0.25) is 5.02 Å². The number of hydrogen-bond donors (Lipinski definition) is 2. The van der Waals surface area contributed by atoms with E-state index in [-0.39, 0.29) is 29.8 Å². The monoisotopic (exact) mass is 478 g/mol. The summed E-state index contributed by atoms with van der Waals surface area (Å²) in [5.41, 5.74) is 0.181. The first-order valence-corrected chi connectivity index (χ1v) is 10.0. The third-order valence-electron chi connectivity index (χ3n) is 5.18. The first kappa shape index (κ1) is 22.5. The lowest BCUT2D eigenvalue weighted by atomic mass is 9.93. The Hall–Kier alpha value is -3.73. The predicted molar refractivity (Wildman–Crippen MR) is 112 cm³/mol. The van der Waals surface area contributed by atoms with Crippen molar-refractivity contribution in [2.75, 3.05) is 25.5 Å². The van der Waals surface area contributed by atoms with E-state index in [0.29, 0.717) is 10.6 Å². The van der Waals surface area contributed by atoms with Crippen LogP contribution in [0, 0.1) is 11.6 Å². The van der Waals surface area contributed by atoms with Gasteiger partial charge in [-0.15, -0.1) is 5.10 Å². The topological polar surface area (TPSA) is 118 Å². The molecule has 172 valence electrons. The second-order valence-electron chi connectivity index (χ2n) is 7.26. The number of carbonyl (C=O) groups excluding carboxylic acids is 1. The molecule has 1 saturated heterocycles. The zero-order valence-corrected chi connectivity index (χ0v) is 17.8. The van der Waals surface area contributed by atoms with Crippen LogP contribution in [0.5, 0.6) is 5.75 Å². The summed E-state index contributed by atoms with van der Waals surface area (Å²) in [6.07, 6.45) is 0. The van der Waals surface area contributed by atoms with Crippen molar-refractivity contribution in [3.63, 3.8) is 0 Å². The second kappa shape index (κ2) is 9.02. The van der Waals surface area contributed by atoms with Crippen LogP contribution >= 0.6 is 11.6 Å². The number of ether oxygens (including phenoxy) is 1. The van der Waals surface area contributed by atoms with Crippen LogP contribution in [-0.4, -0.2) is 58.3 Å². The summed E-state index contributed by atoms with van der Waals surface area (Å²) in [7, 11) is 1.26. The van der Waals surface area contributed by atoms with Crippen LogP contribution in [0.25, 0.3) is 11.5 Å². The SMILES string of the molecule is COc1cc(F)c([C@@H]2CN(CC(=O)O)C(=O)[C@H]2Nc2nnc(-c3ccc(Cl)cc3)o2)c(F)c1. The Morgan fingerprint density at radius 1 is 1.27 bits per heavy atom. The van der Waals surface area contributed by atoms with Gasteiger partial charge >= 0.3 is 12.0 Å². The zero-order chi connectivity index (χ0) is 23.7. The number of anilines is 1. The largest absolute Gasteiger partial charge is 0.497 e. The molecule has 9 nitrogen and oxygen atoms in total. The number of aromatic nitrogens is 2. The lowest BCUT2D eigenvalue weighted by Crippen LogP contribution is -2.37. The number of carbonyl (C=O) groups is 2. The van der Waals surface area contributed by atoms with E-state index < -0.39 is 42.0 Å². The second-order valence-corrected chi connectivity index (χ2v) is 7.70. The summed E-state index contributed by atoms with van der Waals surface area (Å²) in [5, 5.41) is 20.1. The van der Waals surface area contributed by atoms with Crippen molar-refractivity contribution >= 4 is 29.5 Å². The van der Waals surface area contributed by atoms with Crippen molar-refractivity contribution in [2.45, 2.75) is 12.0 Å². The van der Waals surface area contributed by atoms with Crippen LogP contribution in [0.3, 0.4) is 0 Å². The molecule has 4 rings (SSSR count). The van der Waals surface area contributed by atoms with E-state index >= 15 is 0 Å². The molecule has 1 aliphatic rings. The Labute approximate surface area is 190 Å². The molecule has 1 aliphatic heterocycles. The normalized spacial score (nSPS) is 17.9. The summed E-state index contributed by atoms with van der Waals surface area (Å²) in [5.74, 6) is -4.78. The highest BCUT2D eigenvalue weighted by molar-refractivity contribution is 6.30. The van der Waals surface area contributed by atoms with Gasteiger partial charge < -0.3 is 24.5 Å². The predicted octanol–water partition coefficient (Wildman–Crippen LogP) is 3.17. The quantitative estimate of drug-likeness (QED) is 0.531. The van der Waals surface area contributed by atoms with Gasteiger partial charge in [0.25, 0.3) is 0 Å². The number of benzene rings is 2. The molecule has 2 aromatic carbocycles. The number of nitrogens with one attached hydrogen (secondary N) is 1. The Bertz CT molecular complexity index is 1180. The van der Waals surface area contributed by atoms with Crippen molar-refractivity contribution in [3.05, 3.63) is 58.6 Å². The van der Waals surface area contributed by atoms with Crippen molar-refractivity contribution in [3.8, 4) is 17.2 Å². The maximum atomic E-state index is 14.8. The first-order valence-electron chi connectivity index (χ1n) is 9.66. The summed E-state index contributed by atoms with van der Waals surface area (Å²) in [6, 6.07) is 7.12. The smallest absolute Gasteiger partial charge is 0.323 e. The van der Waals surface area contributed by atoms with Crippen molar-refractivity contribution in [1.82, 2.24) is 15.1 Å². The molecule has 0 aliphatic carbocycles. The van der Waals surface area contributed by atoms with Crippen molar-refractivity contribution in [2.24, 2.45) is 0 Å². The third-order valence-corrected chi connectivity index (χ3v) is 5.43. The summed E-state index contributed by atoms with van der Waals surface area (Å²) in [4.78, 5) is 25.1. The average Bonchev–Trinajstić information content (AvgIpc) is 3.34. The molecule has 12 heteroatoms. The van der Waals surface area contributed by atoms with E-state index in [2.05, 4.69) is 15.5 Å². The number of methoxy groups -OCH3 is 1. The summed E-state index contributed by atoms with van der Waals surface area (Å²) >= 11 is 5.87. The van der Waals surface area contributed by atoms with Gasteiger partial charge in [0.05, 0.1) is 7.11 Å². The number of carboxylic acids is 1. The number of hydrogen-bond acceptors (Lipinski definition) is 7. The third kappa shape index (κ3) is 4.58. The van der Waals surface area contributed by atoms with E-state index in [1.165, 1.54) is 7.11 Å². The van der Waals surface area contributed by atoms with Crippen LogP contribution in [0.1, 0.15) is 11.5 Å². The van der Waals surface area contributed by atoms with Gasteiger partial charge in [-0.2, -0.15) is 0 Å². The highest BCUT2D eigenvalue weighted by Crippen LogP contribution is 2.36. The standard InChI is InChI=1S/C21H17ClF2N4O5/c1-32-12-6-14(23)17(15(24)7-12)13-8-28(9-16(29)30)20(31)18(13)25-21-27-26-19(33-21)10-2-4-11(22)5-3-10/h2-7,13,18H,8-9H2,1H3,(H,25,27)(H,29,30)/t13-,18-/m0/s1. The minimum absolute atomic E-state index is 0.0329. The maximum Gasteiger partial charge on any atom is 0.323 e. The first-order chi connectivity index (χ1) is 15.8. The molecular formula is C21H17ClF2N4O5. The molecular weight excluding hydrogens is 462 g/mol. The molecule has 3 aromatic rings. The van der Waals surface area contributed by atoms with Crippen molar-refractivity contribution in [1.29, 1.82) is 0 Å². The van der Waals surface area contributed by atoms with Crippen LogP contribution in [0.15, 0.2) is 40.8 Å². The van der Waals surface area contributed by atoms with Crippen LogP contribution in [-0.2, 0) is 9.59 Å². The van der Waals surface area contributed by atoms with Crippen LogP contribution < -0.4 is 10.1 Å². The van der Waals surface area contributed by atoms with E-state index in [1.807, 2.05) is 0 Å². The number of carboxylic acid groups (broad SMARTS) is 1. The molecule has 1 amide bonds. The number of nitrogens with zero attached hydrogens (tertiary/aromatic N) is 3. The average molecular weight is 479 g/mol. The number of amides is 1. The van der Waals surface area contributed by atoms with E-state index in [4.69, 9.17) is 25.9 Å². The number of aliphatic carboxylic acids is 1. The van der Waals surface area contributed by atoms with Gasteiger partial charge in [0.15, 0.2) is 0 Å². The fourth-order valence-electron chi connectivity index (χ4n) is 3.68. The van der Waals surface area contributed by atoms with Gasteiger partial charge in [-0.25, -0.2) is 8.78 Å². The van der Waals surface area contributed by atoms with E-state index in [9.17, 15) is 18.4 Å². The minimum atomic E-state index is -1.26. The van der Waals surface area contributed by atoms with Crippen LogP contribution in [0.4, 0.5) is 14.8 Å². The summed E-state index contributed by atoms with van der Waals surface area (Å²) < 4.78 is 40.0. The van der Waals surface area contributed by atoms with E-state index in [1.54, 1.807) is 24.3 Å². The number of likely N-dealkylation sites (tertiary alicyclic amines) is 1. The highest BCUT2D eigenvalue weighted by Gasteiger charge is 2.45. The molecule has 0 saturated carbocycles. The van der Waals surface area contributed by atoms with Gasteiger partial charge in [0.1, 0.15) is 30.0 Å². The van der Waals surface area contributed by atoms with Gasteiger partial charge in [-0.1, -0.05) is 16.7 Å². The van der Waals surface area contributed by atoms with Crippen molar-refractivity contribution < 1.29 is 32.6 Å². The van der Waals surface area contributed by atoms with Gasteiger partial charge in [0, 0.05) is 40.7 Å². The maximum absolute atomic E-state index is 14.8. The van der Waals surface area contributed by atoms with Gasteiger partial charge in [-0.3, -0.25) is 9.59 Å². The Kier molecular flexibility index (Phi) is 6.14. The fourth-order valence-corrected chi connectivity index (χ4v) is 3.81. The molecule has 1 fully saturated rings. The number of rotatable bonds is 7. The molecule has 2 atom stereocenters. The lowest BCUT2D eigenvalue weighted by molar-refractivity contribution is -0.142. The lowest BCUT2D eigenvalue weighted by Gasteiger charge is -2.19. The fraction of sp³-hybridized carbons (Fsp3) is 0.238. The molecule has 1 aromatic heterocycles. The minimum Gasteiger partial charge on any atom is -0.497 e. The van der Waals surface area contributed by atoms with Gasteiger partial charge in [-0.05, 0) is 24.3 Å². The Morgan fingerprint density at radius 3 is 2.55 bits per heavy atom. The molecule has 33 heavy (non-hydrogen) atoms. The Balaban J connectivity index is 1.66.